The Morgan fingerprint density at radius 1 is 1.41 bits per heavy atom. The van der Waals surface area contributed by atoms with E-state index in [0.29, 0.717) is 39.1 Å². The zero-order valence-corrected chi connectivity index (χ0v) is 11.1. The van der Waals surface area contributed by atoms with Crippen molar-refractivity contribution in [1.29, 1.82) is 0 Å². The van der Waals surface area contributed by atoms with Crippen LogP contribution in [0.2, 0.25) is 0 Å². The Kier molecular flexibility index (Phi) is 4.00. The van der Waals surface area contributed by atoms with Crippen molar-refractivity contribution in [2.24, 2.45) is 5.41 Å². The number of thioether (sulfide) groups is 1. The second-order valence-electron chi connectivity index (χ2n) is 4.75. The van der Waals surface area contributed by atoms with Crippen LogP contribution in [0.15, 0.2) is 0 Å². The van der Waals surface area contributed by atoms with E-state index in [9.17, 15) is 9.90 Å². The van der Waals surface area contributed by atoms with Crippen LogP contribution in [0.25, 0.3) is 0 Å². The smallest absolute Gasteiger partial charge is 0.317 e. The van der Waals surface area contributed by atoms with Gasteiger partial charge >= 0.3 is 5.97 Å². The lowest BCUT2D eigenvalue weighted by molar-refractivity contribution is -0.177. The lowest BCUT2D eigenvalue weighted by Crippen LogP contribution is -2.56. The zero-order valence-electron chi connectivity index (χ0n) is 10.2. The maximum Gasteiger partial charge on any atom is 0.317 e. The molecule has 5 heteroatoms. The first-order valence-electron chi connectivity index (χ1n) is 6.20. The van der Waals surface area contributed by atoms with E-state index in [1.807, 2.05) is 11.8 Å². The molecule has 0 spiro atoms. The van der Waals surface area contributed by atoms with E-state index in [0.717, 1.165) is 11.5 Å². The van der Waals surface area contributed by atoms with Gasteiger partial charge in [0.2, 0.25) is 0 Å². The van der Waals surface area contributed by atoms with Crippen LogP contribution < -0.4 is 0 Å². The van der Waals surface area contributed by atoms with Gasteiger partial charge in [-0.05, 0) is 37.7 Å². The summed E-state index contributed by atoms with van der Waals surface area (Å²) in [4.78, 5) is 12.2. The largest absolute Gasteiger partial charge is 0.465 e. The molecule has 1 N–H and O–H groups in total. The second kappa shape index (κ2) is 5.16. The first kappa shape index (κ1) is 13.2. The Labute approximate surface area is 106 Å². The average molecular weight is 260 g/mol. The highest BCUT2D eigenvalue weighted by Crippen LogP contribution is 2.47. The molecule has 4 nitrogen and oxygen atoms in total. The van der Waals surface area contributed by atoms with Crippen molar-refractivity contribution in [3.63, 3.8) is 0 Å². The standard InChI is InChI=1S/C12H20O4S/c1-2-16-10(13)11(3-6-15-9-11)12(14)4-7-17-8-5-12/h14H,2-9H2,1H3. The van der Waals surface area contributed by atoms with Gasteiger partial charge in [-0.3, -0.25) is 4.79 Å². The lowest BCUT2D eigenvalue weighted by atomic mass is 9.68. The number of carbonyl (C=O) groups is 1. The highest BCUT2D eigenvalue weighted by atomic mass is 32.2. The van der Waals surface area contributed by atoms with Gasteiger partial charge in [-0.15, -0.1) is 0 Å². The molecule has 0 aliphatic carbocycles. The minimum atomic E-state index is -0.943. The molecule has 2 aliphatic heterocycles. The van der Waals surface area contributed by atoms with Gasteiger partial charge in [0, 0.05) is 6.61 Å². The topological polar surface area (TPSA) is 55.8 Å². The molecule has 0 aromatic heterocycles. The van der Waals surface area contributed by atoms with Crippen molar-refractivity contribution in [2.75, 3.05) is 31.3 Å². The number of ether oxygens (including phenoxy) is 2. The molecule has 2 fully saturated rings. The van der Waals surface area contributed by atoms with Gasteiger partial charge in [0.25, 0.3) is 0 Å². The first-order chi connectivity index (χ1) is 8.15. The fraction of sp³-hybridized carbons (Fsp3) is 0.917. The molecule has 2 rings (SSSR count). The van der Waals surface area contributed by atoms with Gasteiger partial charge in [-0.1, -0.05) is 0 Å². The van der Waals surface area contributed by atoms with Gasteiger partial charge in [0.15, 0.2) is 0 Å². The number of rotatable bonds is 3. The molecule has 0 amide bonds. The van der Waals surface area contributed by atoms with Crippen LogP contribution in [0.5, 0.6) is 0 Å². The monoisotopic (exact) mass is 260 g/mol. The highest BCUT2D eigenvalue weighted by Gasteiger charge is 2.58. The van der Waals surface area contributed by atoms with Crippen LogP contribution in [0.1, 0.15) is 26.2 Å². The summed E-state index contributed by atoms with van der Waals surface area (Å²) in [6, 6.07) is 0. The molecule has 98 valence electrons. The molecule has 2 aliphatic rings. The summed E-state index contributed by atoms with van der Waals surface area (Å²) < 4.78 is 10.5. The molecule has 0 bridgehead atoms. The molecule has 0 aromatic rings. The van der Waals surface area contributed by atoms with Crippen LogP contribution >= 0.6 is 11.8 Å². The van der Waals surface area contributed by atoms with Gasteiger partial charge in [0.05, 0.1) is 18.8 Å². The molecule has 0 radical (unpaired) electrons. The van der Waals surface area contributed by atoms with E-state index in [4.69, 9.17) is 9.47 Å². The SMILES string of the molecule is CCOC(=O)C1(C2(O)CCSCC2)CCOC1. The fourth-order valence-electron chi connectivity index (χ4n) is 2.74. The van der Waals surface area contributed by atoms with Crippen molar-refractivity contribution < 1.29 is 19.4 Å². The minimum absolute atomic E-state index is 0.285. The molecule has 17 heavy (non-hydrogen) atoms. The van der Waals surface area contributed by atoms with Crippen molar-refractivity contribution in [3.8, 4) is 0 Å². The lowest BCUT2D eigenvalue weighted by Gasteiger charge is -2.44. The maximum absolute atomic E-state index is 12.2. The molecular weight excluding hydrogens is 240 g/mol. The summed E-state index contributed by atoms with van der Waals surface area (Å²) in [7, 11) is 0. The summed E-state index contributed by atoms with van der Waals surface area (Å²) in [5.74, 6) is 1.52. The quantitative estimate of drug-likeness (QED) is 0.773. The molecule has 1 unspecified atom stereocenters. The van der Waals surface area contributed by atoms with E-state index in [2.05, 4.69) is 0 Å². The van der Waals surface area contributed by atoms with Crippen molar-refractivity contribution in [3.05, 3.63) is 0 Å². The van der Waals surface area contributed by atoms with Crippen LogP contribution in [-0.2, 0) is 14.3 Å². The van der Waals surface area contributed by atoms with Crippen LogP contribution in [0.3, 0.4) is 0 Å². The van der Waals surface area contributed by atoms with Crippen LogP contribution in [0, 0.1) is 5.41 Å². The number of hydrogen-bond donors (Lipinski definition) is 1. The average Bonchev–Trinajstić information content (AvgIpc) is 2.81. The number of carbonyl (C=O) groups excluding carboxylic acids is 1. The summed E-state index contributed by atoms with van der Waals surface area (Å²) in [5.41, 5.74) is -1.77. The minimum Gasteiger partial charge on any atom is -0.465 e. The van der Waals surface area contributed by atoms with Gasteiger partial charge in [-0.2, -0.15) is 11.8 Å². The normalized spacial score (nSPS) is 32.4. The predicted molar refractivity (Wildman–Crippen MR) is 66.0 cm³/mol. The molecule has 0 saturated carbocycles. The van der Waals surface area contributed by atoms with Crippen molar-refractivity contribution in [2.45, 2.75) is 31.8 Å². The fourth-order valence-corrected chi connectivity index (χ4v) is 3.91. The van der Waals surface area contributed by atoms with Crippen molar-refractivity contribution >= 4 is 17.7 Å². The highest BCUT2D eigenvalue weighted by molar-refractivity contribution is 7.99. The number of esters is 1. The molecular formula is C12H20O4S. The Hall–Kier alpha value is -0.260. The summed E-state index contributed by atoms with van der Waals surface area (Å²) in [6.45, 7) is 2.98. The van der Waals surface area contributed by atoms with Gasteiger partial charge < -0.3 is 14.6 Å². The third-order valence-corrected chi connectivity index (χ3v) is 4.88. The van der Waals surface area contributed by atoms with Crippen LogP contribution in [0.4, 0.5) is 0 Å². The molecule has 2 heterocycles. The van der Waals surface area contributed by atoms with Crippen molar-refractivity contribution in [1.82, 2.24) is 0 Å². The maximum atomic E-state index is 12.2. The van der Waals surface area contributed by atoms with E-state index < -0.39 is 11.0 Å². The molecule has 0 aromatic carbocycles. The summed E-state index contributed by atoms with van der Waals surface area (Å²) in [5, 5.41) is 10.8. The number of aliphatic hydroxyl groups is 1. The van der Waals surface area contributed by atoms with E-state index in [-0.39, 0.29) is 5.97 Å². The zero-order chi connectivity index (χ0) is 12.4. The Balaban J connectivity index is 2.23. The second-order valence-corrected chi connectivity index (χ2v) is 5.97. The third kappa shape index (κ3) is 2.20. The van der Waals surface area contributed by atoms with Gasteiger partial charge in [-0.25, -0.2) is 0 Å². The third-order valence-electron chi connectivity index (χ3n) is 3.90. The van der Waals surface area contributed by atoms with Crippen LogP contribution in [-0.4, -0.2) is 48.0 Å². The van der Waals surface area contributed by atoms with E-state index >= 15 is 0 Å². The summed E-state index contributed by atoms with van der Waals surface area (Å²) in [6.07, 6.45) is 1.88. The Morgan fingerprint density at radius 2 is 2.12 bits per heavy atom. The Bertz CT molecular complexity index is 280. The Morgan fingerprint density at radius 3 is 2.65 bits per heavy atom. The summed E-state index contributed by atoms with van der Waals surface area (Å²) >= 11 is 1.83. The van der Waals surface area contributed by atoms with Gasteiger partial charge in [0.1, 0.15) is 5.41 Å². The first-order valence-corrected chi connectivity index (χ1v) is 7.35. The van der Waals surface area contributed by atoms with E-state index in [1.165, 1.54) is 0 Å². The predicted octanol–water partition coefficient (Wildman–Crippen LogP) is 1.21. The number of hydrogen-bond acceptors (Lipinski definition) is 5. The molecule has 1 atom stereocenters. The molecule has 2 saturated heterocycles. The van der Waals surface area contributed by atoms with E-state index in [1.54, 1.807) is 6.92 Å².